The van der Waals surface area contributed by atoms with Crippen molar-refractivity contribution in [2.45, 2.75) is 45.6 Å². The maximum atomic E-state index is 13.3. The molecule has 1 saturated carbocycles. The van der Waals surface area contributed by atoms with Crippen molar-refractivity contribution in [3.05, 3.63) is 103 Å². The summed E-state index contributed by atoms with van der Waals surface area (Å²) in [6.45, 7) is 3.17. The molecule has 1 aliphatic carbocycles. The first-order valence-corrected chi connectivity index (χ1v) is 15.0. The number of hydrogen-bond donors (Lipinski definition) is 3. The molecule has 3 N–H and O–H groups in total. The molecule has 2 heterocycles. The van der Waals surface area contributed by atoms with E-state index in [9.17, 15) is 14.4 Å². The number of fused-ring (bicyclic) bond motifs is 1. The Morgan fingerprint density at radius 3 is 2.66 bits per heavy atom. The van der Waals surface area contributed by atoms with Gasteiger partial charge < -0.3 is 16.0 Å². The molecule has 1 aliphatic rings. The zero-order valence-electron chi connectivity index (χ0n) is 23.0. The van der Waals surface area contributed by atoms with E-state index in [4.69, 9.17) is 0 Å². The van der Waals surface area contributed by atoms with Gasteiger partial charge in [-0.2, -0.15) is 0 Å². The molecule has 0 aliphatic heterocycles. The molecule has 6 rings (SSSR count). The second kappa shape index (κ2) is 11.7. The highest BCUT2D eigenvalue weighted by Gasteiger charge is 2.25. The monoisotopic (exact) mass is 564 g/mol. The van der Waals surface area contributed by atoms with Gasteiger partial charge in [-0.05, 0) is 78.1 Å². The zero-order valence-corrected chi connectivity index (χ0v) is 23.8. The van der Waals surface area contributed by atoms with Gasteiger partial charge >= 0.3 is 0 Å². The number of nitrogens with one attached hydrogen (secondary N) is 3. The van der Waals surface area contributed by atoms with Crippen molar-refractivity contribution in [1.29, 1.82) is 0 Å². The van der Waals surface area contributed by atoms with Gasteiger partial charge in [0.2, 0.25) is 10.9 Å². The quantitative estimate of drug-likeness (QED) is 0.172. The van der Waals surface area contributed by atoms with Crippen LogP contribution in [0.25, 0.3) is 22.0 Å². The number of amides is 1. The molecule has 0 bridgehead atoms. The average molecular weight is 565 g/mol. The fourth-order valence-electron chi connectivity index (χ4n) is 5.74. The summed E-state index contributed by atoms with van der Waals surface area (Å²) in [5, 5.41) is 12.6. The van der Waals surface area contributed by atoms with Crippen LogP contribution in [0, 0.1) is 12.8 Å². The van der Waals surface area contributed by atoms with Gasteiger partial charge in [-0.15, -0.1) is 11.3 Å². The molecular weight excluding hydrogens is 532 g/mol. The lowest BCUT2D eigenvalue weighted by atomic mass is 9.88. The van der Waals surface area contributed by atoms with Crippen molar-refractivity contribution >= 4 is 45.2 Å². The smallest absolute Gasteiger partial charge is 0.267 e. The number of anilines is 3. The predicted octanol–water partition coefficient (Wildman–Crippen LogP) is 6.72. The van der Waals surface area contributed by atoms with Crippen molar-refractivity contribution in [3.8, 4) is 11.1 Å². The number of carbonyl (C=O) groups excluding carboxylic acids is 1. The molecule has 0 unspecified atom stereocenters. The molecule has 5 aromatic rings. The molecule has 0 spiro atoms. The summed E-state index contributed by atoms with van der Waals surface area (Å²) in [4.78, 5) is 43.5. The summed E-state index contributed by atoms with van der Waals surface area (Å²) in [5.74, 6) is 0.288. The minimum Gasteiger partial charge on any atom is -0.381 e. The Morgan fingerprint density at radius 2 is 1.80 bits per heavy atom. The van der Waals surface area contributed by atoms with E-state index in [0.29, 0.717) is 46.4 Å². The lowest BCUT2D eigenvalue weighted by Gasteiger charge is -2.23. The van der Waals surface area contributed by atoms with Gasteiger partial charge in [0.05, 0.1) is 22.5 Å². The van der Waals surface area contributed by atoms with Crippen molar-refractivity contribution in [2.24, 2.45) is 5.92 Å². The highest BCUT2D eigenvalue weighted by molar-refractivity contribution is 7.12. The topological polar surface area (TPSA) is 100 Å². The Labute approximate surface area is 242 Å². The number of carbonyl (C=O) groups is 1. The summed E-state index contributed by atoms with van der Waals surface area (Å²) in [6, 6.07) is 17.3. The van der Waals surface area contributed by atoms with Crippen LogP contribution in [-0.2, 0) is 6.54 Å². The molecule has 0 radical (unpaired) electrons. The Morgan fingerprint density at radius 1 is 0.976 bits per heavy atom. The van der Waals surface area contributed by atoms with Crippen molar-refractivity contribution in [2.75, 3.05) is 22.5 Å². The molecule has 1 amide bonds. The number of rotatable bonds is 9. The van der Waals surface area contributed by atoms with Crippen LogP contribution in [0.15, 0.2) is 75.8 Å². The van der Waals surface area contributed by atoms with Gasteiger partial charge in [0.15, 0.2) is 0 Å². The number of benzene rings is 2. The lowest BCUT2D eigenvalue weighted by molar-refractivity contribution is 0.103. The molecule has 1 fully saturated rings. The van der Waals surface area contributed by atoms with Crippen LogP contribution in [0.3, 0.4) is 0 Å². The van der Waals surface area contributed by atoms with E-state index in [-0.39, 0.29) is 5.91 Å². The normalized spacial score (nSPS) is 13.9. The largest absolute Gasteiger partial charge is 0.381 e. The predicted molar refractivity (Wildman–Crippen MR) is 168 cm³/mol. The van der Waals surface area contributed by atoms with E-state index in [1.807, 2.05) is 60.8 Å². The molecular formula is C33H32N4O3S. The summed E-state index contributed by atoms with van der Waals surface area (Å²) >= 11 is 1.36. The third-order valence-corrected chi connectivity index (χ3v) is 8.96. The molecule has 7 nitrogen and oxygen atoms in total. The maximum absolute atomic E-state index is 13.3. The minimum absolute atomic E-state index is 0.238. The molecule has 3 aromatic carbocycles. The van der Waals surface area contributed by atoms with E-state index in [1.54, 1.807) is 12.3 Å². The zero-order chi connectivity index (χ0) is 28.3. The Bertz CT molecular complexity index is 1790. The van der Waals surface area contributed by atoms with Crippen molar-refractivity contribution in [1.82, 2.24) is 4.98 Å². The van der Waals surface area contributed by atoms with Gasteiger partial charge in [-0.1, -0.05) is 43.5 Å². The number of pyridine rings is 1. The van der Waals surface area contributed by atoms with E-state index in [1.165, 1.54) is 30.6 Å². The Hall–Kier alpha value is -4.30. The van der Waals surface area contributed by atoms with Crippen LogP contribution in [0.4, 0.5) is 17.1 Å². The van der Waals surface area contributed by atoms with E-state index in [0.717, 1.165) is 40.6 Å². The number of aromatic nitrogens is 1. The van der Waals surface area contributed by atoms with Gasteiger partial charge in [0.1, 0.15) is 4.88 Å². The van der Waals surface area contributed by atoms with E-state index < -0.39 is 10.9 Å². The SMILES string of the molecule is Cc1ccc(NC(=O)c2sccc2NCc2ccnc3ccccc23)cc1-c1c(NCC2CCCCC2)c(=O)c1=O. The summed E-state index contributed by atoms with van der Waals surface area (Å²) < 4.78 is 0. The van der Waals surface area contributed by atoms with E-state index >= 15 is 0 Å². The van der Waals surface area contributed by atoms with Gasteiger partial charge in [0, 0.05) is 30.4 Å². The molecule has 41 heavy (non-hydrogen) atoms. The number of thiophene rings is 1. The molecule has 208 valence electrons. The van der Waals surface area contributed by atoms with Crippen molar-refractivity contribution < 1.29 is 4.79 Å². The summed E-state index contributed by atoms with van der Waals surface area (Å²) in [5.41, 5.74) is 4.78. The van der Waals surface area contributed by atoms with Gasteiger partial charge in [0.25, 0.3) is 5.91 Å². The highest BCUT2D eigenvalue weighted by atomic mass is 32.1. The third-order valence-electron chi connectivity index (χ3n) is 8.05. The van der Waals surface area contributed by atoms with E-state index in [2.05, 4.69) is 20.9 Å². The number of aryl methyl sites for hydroxylation is 1. The molecule has 2 aromatic heterocycles. The van der Waals surface area contributed by atoms with Gasteiger partial charge in [-0.3, -0.25) is 19.4 Å². The van der Waals surface area contributed by atoms with Crippen LogP contribution >= 0.6 is 11.3 Å². The average Bonchev–Trinajstić information content (AvgIpc) is 3.48. The standard InChI is InChI=1S/C33H32N4O3S/c1-20-11-12-23(17-25(20)28-29(31(39)30(28)38)36-18-21-7-3-2-4-8-21)37-33(40)32-27(14-16-41-32)35-19-22-13-15-34-26-10-6-5-9-24(22)26/h5-6,9-17,21,35-36H,2-4,7-8,18-19H2,1H3,(H,37,40). The number of para-hydroxylation sites is 1. The van der Waals surface area contributed by atoms with Crippen LogP contribution in [0.5, 0.6) is 0 Å². The van der Waals surface area contributed by atoms with Crippen LogP contribution < -0.4 is 26.8 Å². The van der Waals surface area contributed by atoms with Gasteiger partial charge in [-0.25, -0.2) is 0 Å². The first-order valence-electron chi connectivity index (χ1n) is 14.1. The first-order chi connectivity index (χ1) is 20.0. The second-order valence-corrected chi connectivity index (χ2v) is 11.7. The maximum Gasteiger partial charge on any atom is 0.267 e. The van der Waals surface area contributed by atoms with Crippen molar-refractivity contribution in [3.63, 3.8) is 0 Å². The van der Waals surface area contributed by atoms with Crippen LogP contribution in [0.2, 0.25) is 0 Å². The van der Waals surface area contributed by atoms with Crippen LogP contribution in [0.1, 0.15) is 52.9 Å². The van der Waals surface area contributed by atoms with Crippen LogP contribution in [-0.4, -0.2) is 17.4 Å². The fraction of sp³-hybridized carbons (Fsp3) is 0.273. The Balaban J connectivity index is 1.17. The second-order valence-electron chi connectivity index (χ2n) is 10.8. The lowest BCUT2D eigenvalue weighted by Crippen LogP contribution is -2.37. The minimum atomic E-state index is -0.476. The molecule has 8 heteroatoms. The summed E-state index contributed by atoms with van der Waals surface area (Å²) in [7, 11) is 0. The third kappa shape index (κ3) is 5.52. The summed E-state index contributed by atoms with van der Waals surface area (Å²) in [6.07, 6.45) is 7.79. The fourth-order valence-corrected chi connectivity index (χ4v) is 6.50. The number of hydrogen-bond acceptors (Lipinski definition) is 7. The number of nitrogens with zero attached hydrogens (tertiary/aromatic N) is 1. The Kier molecular flexibility index (Phi) is 7.65. The first kappa shape index (κ1) is 26.9. The highest BCUT2D eigenvalue weighted by Crippen LogP contribution is 2.32. The molecule has 0 atom stereocenters. The molecule has 0 saturated heterocycles.